The Balaban J connectivity index is 2.17. The number of methoxy groups -OCH3 is 1. The molecule has 0 aliphatic carbocycles. The monoisotopic (exact) mass is 446 g/mol. The van der Waals surface area contributed by atoms with E-state index in [9.17, 15) is 23.1 Å². The second-order valence-electron chi connectivity index (χ2n) is 5.99. The number of ether oxygens (including phenoxy) is 2. The Hall–Kier alpha value is -2.06. The summed E-state index contributed by atoms with van der Waals surface area (Å²) in [5, 5.41) is 10.0. The molecule has 0 aliphatic rings. The molecule has 0 fully saturated rings. The molecule has 0 saturated heterocycles. The third-order valence-electron chi connectivity index (χ3n) is 4.07. The molecule has 0 aromatic heterocycles. The molecule has 146 valence electrons. The predicted molar refractivity (Wildman–Crippen MR) is 96.7 cm³/mol. The molecule has 0 unspecified atom stereocenters. The highest BCUT2D eigenvalue weighted by atomic mass is 79.9. The third-order valence-corrected chi connectivity index (χ3v) is 4.60. The van der Waals surface area contributed by atoms with Crippen LogP contribution in [-0.4, -0.2) is 31.0 Å². The number of hydrogen-bond acceptors (Lipinski definition) is 4. The van der Waals surface area contributed by atoms with Gasteiger partial charge in [0.1, 0.15) is 5.75 Å². The van der Waals surface area contributed by atoms with Gasteiger partial charge in [-0.15, -0.1) is 0 Å². The fourth-order valence-electron chi connectivity index (χ4n) is 2.45. The zero-order chi connectivity index (χ0) is 20.2. The van der Waals surface area contributed by atoms with Crippen LogP contribution in [0.5, 0.6) is 5.75 Å². The largest absolute Gasteiger partial charge is 0.497 e. The highest BCUT2D eigenvalue weighted by molar-refractivity contribution is 9.10. The minimum Gasteiger partial charge on any atom is -0.497 e. The van der Waals surface area contributed by atoms with Crippen LogP contribution in [0.4, 0.5) is 13.2 Å². The zero-order valence-corrected chi connectivity index (χ0v) is 16.2. The van der Waals surface area contributed by atoms with Crippen LogP contribution in [0.1, 0.15) is 28.4 Å². The van der Waals surface area contributed by atoms with Gasteiger partial charge in [0.05, 0.1) is 19.3 Å². The van der Waals surface area contributed by atoms with Crippen LogP contribution in [0.15, 0.2) is 46.9 Å². The average Bonchev–Trinajstić information content (AvgIpc) is 2.61. The molecule has 27 heavy (non-hydrogen) atoms. The normalized spacial score (nSPS) is 13.7. The molecule has 4 nitrogen and oxygen atoms in total. The molecule has 0 heterocycles. The van der Waals surface area contributed by atoms with E-state index in [0.29, 0.717) is 18.2 Å². The van der Waals surface area contributed by atoms with Gasteiger partial charge < -0.3 is 14.6 Å². The van der Waals surface area contributed by atoms with Crippen molar-refractivity contribution in [3.63, 3.8) is 0 Å². The molecule has 2 aromatic rings. The number of esters is 1. The van der Waals surface area contributed by atoms with Crippen molar-refractivity contribution in [3.8, 4) is 5.75 Å². The van der Waals surface area contributed by atoms with Gasteiger partial charge in [0.15, 0.2) is 5.60 Å². The zero-order valence-electron chi connectivity index (χ0n) is 14.6. The van der Waals surface area contributed by atoms with Crippen molar-refractivity contribution in [3.05, 3.63) is 63.6 Å². The van der Waals surface area contributed by atoms with Crippen LogP contribution in [0, 0.1) is 0 Å². The summed E-state index contributed by atoms with van der Waals surface area (Å²) in [5.74, 6) is -0.250. The van der Waals surface area contributed by atoms with Crippen LogP contribution >= 0.6 is 15.9 Å². The molecule has 0 spiro atoms. The lowest BCUT2D eigenvalue weighted by Gasteiger charge is -2.29. The maximum atomic E-state index is 13.2. The van der Waals surface area contributed by atoms with Crippen molar-refractivity contribution in [2.75, 3.05) is 13.7 Å². The molecule has 0 radical (unpaired) electrons. The van der Waals surface area contributed by atoms with Crippen molar-refractivity contribution in [2.24, 2.45) is 0 Å². The van der Waals surface area contributed by atoms with E-state index >= 15 is 0 Å². The Labute approximate surface area is 163 Å². The molecule has 0 saturated carbocycles. The molecule has 0 amide bonds. The molecule has 8 heteroatoms. The smallest absolute Gasteiger partial charge is 0.421 e. The summed E-state index contributed by atoms with van der Waals surface area (Å²) in [7, 11) is 1.38. The van der Waals surface area contributed by atoms with Gasteiger partial charge in [-0.25, -0.2) is 4.79 Å². The quantitative estimate of drug-likeness (QED) is 0.657. The van der Waals surface area contributed by atoms with E-state index in [1.807, 2.05) is 0 Å². The first-order valence-corrected chi connectivity index (χ1v) is 8.74. The standard InChI is InChI=1S/C19H18BrF3O4/c1-18(25,19(21,22)23)16-8-7-15(26-2)11-13(16)9-10-27-17(24)12-3-5-14(20)6-4-12/h3-8,11,25H,9-10H2,1-2H3/t18-/m1/s1. The predicted octanol–water partition coefficient (Wildman–Crippen LogP) is 4.63. The van der Waals surface area contributed by atoms with Crippen LogP contribution in [0.25, 0.3) is 0 Å². The molecule has 1 N–H and O–H groups in total. The van der Waals surface area contributed by atoms with Crippen molar-refractivity contribution in [1.29, 1.82) is 0 Å². The van der Waals surface area contributed by atoms with Gasteiger partial charge in [0, 0.05) is 10.9 Å². The second kappa shape index (κ2) is 8.31. The number of carbonyl (C=O) groups is 1. The first-order chi connectivity index (χ1) is 12.6. The van der Waals surface area contributed by atoms with E-state index in [2.05, 4.69) is 15.9 Å². The topological polar surface area (TPSA) is 55.8 Å². The third kappa shape index (κ3) is 5.01. The van der Waals surface area contributed by atoms with Crippen LogP contribution in [0.3, 0.4) is 0 Å². The maximum absolute atomic E-state index is 13.2. The Morgan fingerprint density at radius 2 is 1.78 bits per heavy atom. The number of aliphatic hydroxyl groups is 1. The summed E-state index contributed by atoms with van der Waals surface area (Å²) in [6, 6.07) is 10.4. The fourth-order valence-corrected chi connectivity index (χ4v) is 2.72. The Morgan fingerprint density at radius 1 is 1.15 bits per heavy atom. The lowest BCUT2D eigenvalue weighted by molar-refractivity contribution is -0.259. The summed E-state index contributed by atoms with van der Waals surface area (Å²) in [5.41, 5.74) is -2.84. The van der Waals surface area contributed by atoms with Gasteiger partial charge in [0.25, 0.3) is 0 Å². The van der Waals surface area contributed by atoms with E-state index in [1.165, 1.54) is 19.2 Å². The fraction of sp³-hybridized carbons (Fsp3) is 0.316. The van der Waals surface area contributed by atoms with E-state index < -0.39 is 17.7 Å². The SMILES string of the molecule is COc1ccc([C@@](C)(O)C(F)(F)F)c(CCOC(=O)c2ccc(Br)cc2)c1. The van der Waals surface area contributed by atoms with E-state index in [0.717, 1.165) is 10.5 Å². The maximum Gasteiger partial charge on any atom is 0.421 e. The highest BCUT2D eigenvalue weighted by Crippen LogP contribution is 2.40. The molecule has 0 aliphatic heterocycles. The van der Waals surface area contributed by atoms with Crippen molar-refractivity contribution < 1.29 is 32.5 Å². The molecule has 2 aromatic carbocycles. The first kappa shape index (κ1) is 21.2. The van der Waals surface area contributed by atoms with Crippen LogP contribution in [-0.2, 0) is 16.8 Å². The lowest BCUT2D eigenvalue weighted by atomic mass is 9.89. The highest BCUT2D eigenvalue weighted by Gasteiger charge is 2.52. The lowest BCUT2D eigenvalue weighted by Crippen LogP contribution is -2.40. The molecular formula is C19H18BrF3O4. The summed E-state index contributed by atoms with van der Waals surface area (Å²) >= 11 is 3.25. The first-order valence-electron chi connectivity index (χ1n) is 7.95. The van der Waals surface area contributed by atoms with Crippen LogP contribution < -0.4 is 4.74 Å². The van der Waals surface area contributed by atoms with Crippen LogP contribution in [0.2, 0.25) is 0 Å². The molecule has 1 atom stereocenters. The average molecular weight is 447 g/mol. The number of rotatable bonds is 6. The molecule has 0 bridgehead atoms. The Kier molecular flexibility index (Phi) is 6.54. The number of hydrogen-bond donors (Lipinski definition) is 1. The second-order valence-corrected chi connectivity index (χ2v) is 6.90. The molecular weight excluding hydrogens is 429 g/mol. The van der Waals surface area contributed by atoms with Gasteiger partial charge >= 0.3 is 12.1 Å². The van der Waals surface area contributed by atoms with Gasteiger partial charge in [0.2, 0.25) is 0 Å². The number of halogens is 4. The molecule has 2 rings (SSSR count). The van der Waals surface area contributed by atoms with E-state index in [1.54, 1.807) is 24.3 Å². The van der Waals surface area contributed by atoms with Gasteiger partial charge in [-0.3, -0.25) is 0 Å². The van der Waals surface area contributed by atoms with Crippen molar-refractivity contribution in [1.82, 2.24) is 0 Å². The minimum atomic E-state index is -4.86. The Morgan fingerprint density at radius 3 is 2.33 bits per heavy atom. The minimum absolute atomic E-state index is 0.0129. The van der Waals surface area contributed by atoms with Gasteiger partial charge in [-0.05, 0) is 54.4 Å². The number of benzene rings is 2. The Bertz CT molecular complexity index is 802. The number of carbonyl (C=O) groups excluding carboxylic acids is 1. The summed E-state index contributed by atoms with van der Waals surface area (Å²) in [6.07, 6.45) is -4.87. The van der Waals surface area contributed by atoms with Crippen molar-refractivity contribution >= 4 is 21.9 Å². The summed E-state index contributed by atoms with van der Waals surface area (Å²) in [6.45, 7) is 0.537. The van der Waals surface area contributed by atoms with E-state index in [-0.39, 0.29) is 24.2 Å². The van der Waals surface area contributed by atoms with Gasteiger partial charge in [-0.2, -0.15) is 13.2 Å². The number of alkyl halides is 3. The van der Waals surface area contributed by atoms with Gasteiger partial charge in [-0.1, -0.05) is 22.0 Å². The van der Waals surface area contributed by atoms with Crippen molar-refractivity contribution in [2.45, 2.75) is 25.1 Å². The summed E-state index contributed by atoms with van der Waals surface area (Å²) in [4.78, 5) is 12.0. The summed E-state index contributed by atoms with van der Waals surface area (Å²) < 4.78 is 50.6. The van der Waals surface area contributed by atoms with E-state index in [4.69, 9.17) is 9.47 Å².